The minimum Gasteiger partial charge on any atom is -0.378 e. The summed E-state index contributed by atoms with van der Waals surface area (Å²) in [5.41, 5.74) is 1.88. The Hall–Kier alpha value is -2.87. The zero-order valence-electron chi connectivity index (χ0n) is 15.2. The molecule has 8 heteroatoms. The van der Waals surface area contributed by atoms with Crippen LogP contribution >= 0.6 is 0 Å². The Balaban J connectivity index is 1.64. The first-order valence-corrected chi connectivity index (χ1v) is 8.87. The summed E-state index contributed by atoms with van der Waals surface area (Å²) in [7, 11) is 0. The average molecular weight is 389 g/mol. The molecule has 28 heavy (non-hydrogen) atoms. The van der Waals surface area contributed by atoms with E-state index in [1.165, 1.54) is 18.2 Å². The Morgan fingerprint density at radius 2 is 1.79 bits per heavy atom. The molecule has 3 aromatic rings. The third-order valence-electron chi connectivity index (χ3n) is 4.69. The molecule has 2 heterocycles. The van der Waals surface area contributed by atoms with Gasteiger partial charge in [-0.05, 0) is 36.8 Å². The van der Waals surface area contributed by atoms with Crippen molar-refractivity contribution < 1.29 is 22.4 Å². The summed E-state index contributed by atoms with van der Waals surface area (Å²) < 4.78 is 50.3. The minimum atomic E-state index is -4.49. The van der Waals surface area contributed by atoms with Gasteiger partial charge in [0.15, 0.2) is 0 Å². The molecule has 0 unspecified atom stereocenters. The SMILES string of the molecule is Cc1cc(-c2nc(-c3ccccc3C(F)(F)F)no2)ccc1N1CCOCC1. The van der Waals surface area contributed by atoms with Crippen LogP contribution in [0.5, 0.6) is 0 Å². The van der Waals surface area contributed by atoms with Crippen LogP contribution in [0.4, 0.5) is 18.9 Å². The van der Waals surface area contributed by atoms with Gasteiger partial charge in [0.25, 0.3) is 5.89 Å². The standard InChI is InChI=1S/C20H18F3N3O2/c1-13-12-14(6-7-17(13)26-8-10-27-11-9-26)19-24-18(25-28-19)15-4-2-3-5-16(15)20(21,22)23/h2-7,12H,8-11H2,1H3. The maximum absolute atomic E-state index is 13.2. The molecule has 1 aliphatic heterocycles. The molecule has 0 amide bonds. The van der Waals surface area contributed by atoms with Crippen LogP contribution in [0, 0.1) is 6.92 Å². The highest BCUT2D eigenvalue weighted by Gasteiger charge is 2.34. The summed E-state index contributed by atoms with van der Waals surface area (Å²) in [5, 5.41) is 3.77. The van der Waals surface area contributed by atoms with E-state index in [9.17, 15) is 13.2 Å². The van der Waals surface area contributed by atoms with Crippen LogP contribution in [0.2, 0.25) is 0 Å². The number of aromatic nitrogens is 2. The van der Waals surface area contributed by atoms with Gasteiger partial charge >= 0.3 is 6.18 Å². The Morgan fingerprint density at radius 1 is 1.04 bits per heavy atom. The number of hydrogen-bond acceptors (Lipinski definition) is 5. The van der Waals surface area contributed by atoms with Gasteiger partial charge in [0.1, 0.15) is 0 Å². The average Bonchev–Trinajstić information content (AvgIpc) is 3.18. The fourth-order valence-electron chi connectivity index (χ4n) is 3.32. The third-order valence-corrected chi connectivity index (χ3v) is 4.69. The first kappa shape index (κ1) is 18.5. The number of anilines is 1. The molecular weight excluding hydrogens is 371 g/mol. The van der Waals surface area contributed by atoms with Crippen molar-refractivity contribution in [2.24, 2.45) is 0 Å². The van der Waals surface area contributed by atoms with Gasteiger partial charge in [-0.3, -0.25) is 0 Å². The molecule has 5 nitrogen and oxygen atoms in total. The van der Waals surface area contributed by atoms with Crippen molar-refractivity contribution in [3.63, 3.8) is 0 Å². The normalized spacial score (nSPS) is 15.1. The molecule has 4 rings (SSSR count). The quantitative estimate of drug-likeness (QED) is 0.657. The van der Waals surface area contributed by atoms with Crippen molar-refractivity contribution in [2.75, 3.05) is 31.2 Å². The van der Waals surface area contributed by atoms with Gasteiger partial charge in [-0.15, -0.1) is 0 Å². The van der Waals surface area contributed by atoms with Crippen LogP contribution in [0.25, 0.3) is 22.8 Å². The monoisotopic (exact) mass is 389 g/mol. The summed E-state index contributed by atoms with van der Waals surface area (Å²) in [4.78, 5) is 6.43. The predicted octanol–water partition coefficient (Wildman–Crippen LogP) is 4.57. The lowest BCUT2D eigenvalue weighted by atomic mass is 10.1. The van der Waals surface area contributed by atoms with Crippen molar-refractivity contribution >= 4 is 5.69 Å². The molecular formula is C20H18F3N3O2. The van der Waals surface area contributed by atoms with Crippen molar-refractivity contribution in [1.82, 2.24) is 10.1 Å². The summed E-state index contributed by atoms with van der Waals surface area (Å²) in [6, 6.07) is 10.9. The Bertz CT molecular complexity index is 979. The second-order valence-electron chi connectivity index (χ2n) is 6.57. The molecule has 0 spiro atoms. The van der Waals surface area contributed by atoms with Crippen molar-refractivity contribution in [3.8, 4) is 22.8 Å². The highest BCUT2D eigenvalue weighted by molar-refractivity contribution is 5.66. The third kappa shape index (κ3) is 3.60. The highest BCUT2D eigenvalue weighted by Crippen LogP contribution is 2.36. The Kier molecular flexibility index (Phi) is 4.80. The van der Waals surface area contributed by atoms with Gasteiger partial charge in [0.05, 0.1) is 18.8 Å². The Labute approximate surface area is 159 Å². The number of nitrogens with zero attached hydrogens (tertiary/aromatic N) is 3. The maximum Gasteiger partial charge on any atom is 0.417 e. The fraction of sp³-hybridized carbons (Fsp3) is 0.300. The van der Waals surface area contributed by atoms with E-state index < -0.39 is 11.7 Å². The van der Waals surface area contributed by atoms with E-state index in [-0.39, 0.29) is 17.3 Å². The smallest absolute Gasteiger partial charge is 0.378 e. The molecule has 0 radical (unpaired) electrons. The van der Waals surface area contributed by atoms with Crippen LogP contribution in [0.1, 0.15) is 11.1 Å². The van der Waals surface area contributed by atoms with Gasteiger partial charge in [-0.2, -0.15) is 18.2 Å². The number of benzene rings is 2. The molecule has 0 N–H and O–H groups in total. The van der Waals surface area contributed by atoms with Gasteiger partial charge in [-0.1, -0.05) is 23.4 Å². The number of ether oxygens (including phenoxy) is 1. The first-order chi connectivity index (χ1) is 13.4. The topological polar surface area (TPSA) is 51.4 Å². The van der Waals surface area contributed by atoms with Crippen LogP contribution in [-0.2, 0) is 10.9 Å². The van der Waals surface area contributed by atoms with Gasteiger partial charge < -0.3 is 14.2 Å². The zero-order valence-corrected chi connectivity index (χ0v) is 15.2. The number of morpholine rings is 1. The molecule has 1 aliphatic rings. The lowest BCUT2D eigenvalue weighted by Crippen LogP contribution is -2.36. The van der Waals surface area contributed by atoms with E-state index in [0.717, 1.165) is 30.4 Å². The molecule has 0 atom stereocenters. The molecule has 2 aromatic carbocycles. The van der Waals surface area contributed by atoms with E-state index in [0.29, 0.717) is 18.8 Å². The van der Waals surface area contributed by atoms with Crippen molar-refractivity contribution in [1.29, 1.82) is 0 Å². The Morgan fingerprint density at radius 3 is 2.50 bits per heavy atom. The van der Waals surface area contributed by atoms with Crippen molar-refractivity contribution in [2.45, 2.75) is 13.1 Å². The maximum atomic E-state index is 13.2. The number of aryl methyl sites for hydroxylation is 1. The zero-order chi connectivity index (χ0) is 19.7. The van der Waals surface area contributed by atoms with E-state index in [1.807, 2.05) is 25.1 Å². The number of alkyl halides is 3. The number of halogens is 3. The second kappa shape index (κ2) is 7.27. The van der Waals surface area contributed by atoms with E-state index in [1.54, 1.807) is 0 Å². The highest BCUT2D eigenvalue weighted by atomic mass is 19.4. The lowest BCUT2D eigenvalue weighted by molar-refractivity contribution is -0.137. The summed E-state index contributed by atoms with van der Waals surface area (Å²) >= 11 is 0. The molecule has 0 bridgehead atoms. The summed E-state index contributed by atoms with van der Waals surface area (Å²) in [6.45, 7) is 4.99. The van der Waals surface area contributed by atoms with E-state index >= 15 is 0 Å². The summed E-state index contributed by atoms with van der Waals surface area (Å²) in [5.74, 6) is 0.0986. The minimum absolute atomic E-state index is 0.0853. The largest absolute Gasteiger partial charge is 0.417 e. The lowest BCUT2D eigenvalue weighted by Gasteiger charge is -2.30. The molecule has 1 saturated heterocycles. The van der Waals surface area contributed by atoms with Crippen LogP contribution < -0.4 is 4.90 Å². The molecule has 146 valence electrons. The van der Waals surface area contributed by atoms with Gasteiger partial charge in [-0.25, -0.2) is 0 Å². The second-order valence-corrected chi connectivity index (χ2v) is 6.57. The van der Waals surface area contributed by atoms with Crippen LogP contribution in [0.3, 0.4) is 0 Å². The molecule has 1 aromatic heterocycles. The van der Waals surface area contributed by atoms with E-state index in [4.69, 9.17) is 9.26 Å². The number of rotatable bonds is 3. The summed E-state index contributed by atoms with van der Waals surface area (Å²) in [6.07, 6.45) is -4.49. The van der Waals surface area contributed by atoms with Crippen molar-refractivity contribution in [3.05, 3.63) is 53.6 Å². The van der Waals surface area contributed by atoms with Crippen LogP contribution in [0.15, 0.2) is 47.0 Å². The number of hydrogen-bond donors (Lipinski definition) is 0. The fourth-order valence-corrected chi connectivity index (χ4v) is 3.32. The van der Waals surface area contributed by atoms with Gasteiger partial charge in [0.2, 0.25) is 5.82 Å². The first-order valence-electron chi connectivity index (χ1n) is 8.87. The van der Waals surface area contributed by atoms with E-state index in [2.05, 4.69) is 15.0 Å². The van der Waals surface area contributed by atoms with Gasteiger partial charge in [0, 0.05) is 29.9 Å². The predicted molar refractivity (Wildman–Crippen MR) is 97.9 cm³/mol. The molecule has 0 saturated carbocycles. The molecule has 1 fully saturated rings. The van der Waals surface area contributed by atoms with Crippen LogP contribution in [-0.4, -0.2) is 36.4 Å². The molecule has 0 aliphatic carbocycles.